The third-order valence-electron chi connectivity index (χ3n) is 4.74. The molecule has 0 spiro atoms. The van der Waals surface area contributed by atoms with Crippen molar-refractivity contribution in [2.24, 2.45) is 17.8 Å². The van der Waals surface area contributed by atoms with Gasteiger partial charge in [0.05, 0.1) is 12.2 Å². The number of hydrogen-bond acceptors (Lipinski definition) is 2. The second kappa shape index (κ2) is 6.46. The van der Waals surface area contributed by atoms with E-state index in [9.17, 15) is 4.79 Å². The van der Waals surface area contributed by atoms with Crippen LogP contribution in [0.4, 0.5) is 0 Å². The van der Waals surface area contributed by atoms with Crippen LogP contribution in [0.1, 0.15) is 66.7 Å². The largest absolute Gasteiger partial charge is 0.323 e. The number of nitrogens with zero attached hydrogens (tertiary/aromatic N) is 1. The van der Waals surface area contributed by atoms with Gasteiger partial charge >= 0.3 is 0 Å². The van der Waals surface area contributed by atoms with Crippen LogP contribution in [0.2, 0.25) is 0 Å². The fourth-order valence-electron chi connectivity index (χ4n) is 3.85. The van der Waals surface area contributed by atoms with Crippen molar-refractivity contribution >= 4 is 5.91 Å². The van der Waals surface area contributed by atoms with Gasteiger partial charge < -0.3 is 4.90 Å². The maximum atomic E-state index is 12.8. The van der Waals surface area contributed by atoms with Crippen molar-refractivity contribution in [2.75, 3.05) is 0 Å². The van der Waals surface area contributed by atoms with Crippen molar-refractivity contribution < 1.29 is 4.79 Å². The molecular weight excluding hydrogens is 248 g/mol. The van der Waals surface area contributed by atoms with Gasteiger partial charge in [0.15, 0.2) is 0 Å². The molecule has 1 amide bonds. The van der Waals surface area contributed by atoms with Gasteiger partial charge in [0.1, 0.15) is 0 Å². The van der Waals surface area contributed by atoms with Crippen molar-refractivity contribution in [1.82, 2.24) is 10.2 Å². The van der Waals surface area contributed by atoms with Crippen molar-refractivity contribution in [3.05, 3.63) is 0 Å². The Kier molecular flexibility index (Phi) is 5.11. The first-order chi connectivity index (χ1) is 9.38. The summed E-state index contributed by atoms with van der Waals surface area (Å²) in [6.45, 7) is 11.2. The second-order valence-electron chi connectivity index (χ2n) is 7.81. The number of carbonyl (C=O) groups is 1. The lowest BCUT2D eigenvalue weighted by molar-refractivity contribution is -0.132. The molecule has 0 aromatic heterocycles. The molecule has 2 aliphatic rings. The van der Waals surface area contributed by atoms with Gasteiger partial charge in [-0.15, -0.1) is 0 Å². The summed E-state index contributed by atoms with van der Waals surface area (Å²) in [6.07, 6.45) is 5.96. The Morgan fingerprint density at radius 3 is 2.30 bits per heavy atom. The molecule has 0 aromatic rings. The Balaban J connectivity index is 2.09. The number of carbonyl (C=O) groups excluding carboxylic acids is 1. The molecule has 1 aliphatic carbocycles. The third-order valence-corrected chi connectivity index (χ3v) is 4.74. The summed E-state index contributed by atoms with van der Waals surface area (Å²) >= 11 is 0. The van der Waals surface area contributed by atoms with Crippen molar-refractivity contribution in [2.45, 2.75) is 85.0 Å². The summed E-state index contributed by atoms with van der Waals surface area (Å²) in [5.74, 6) is 2.33. The van der Waals surface area contributed by atoms with Crippen LogP contribution in [0.5, 0.6) is 0 Å². The molecule has 0 radical (unpaired) electrons. The summed E-state index contributed by atoms with van der Waals surface area (Å²) < 4.78 is 0. The molecule has 1 saturated heterocycles. The molecule has 2 rings (SSSR count). The van der Waals surface area contributed by atoms with Crippen LogP contribution < -0.4 is 5.32 Å². The molecule has 1 saturated carbocycles. The summed E-state index contributed by atoms with van der Waals surface area (Å²) in [6, 6.07) is 0.528. The quantitative estimate of drug-likeness (QED) is 0.837. The highest BCUT2D eigenvalue weighted by Crippen LogP contribution is 2.34. The fraction of sp³-hybridized carbons (Fsp3) is 0.941. The topological polar surface area (TPSA) is 32.3 Å². The maximum absolute atomic E-state index is 12.8. The zero-order chi connectivity index (χ0) is 14.9. The lowest BCUT2D eigenvalue weighted by Gasteiger charge is -2.31. The van der Waals surface area contributed by atoms with Crippen LogP contribution in [-0.4, -0.2) is 29.1 Å². The van der Waals surface area contributed by atoms with E-state index in [0.717, 1.165) is 18.8 Å². The van der Waals surface area contributed by atoms with Gasteiger partial charge in [-0.25, -0.2) is 0 Å². The number of nitrogens with one attached hydrogen (secondary N) is 1. The monoisotopic (exact) mass is 280 g/mol. The zero-order valence-corrected chi connectivity index (χ0v) is 13.9. The molecule has 2 fully saturated rings. The van der Waals surface area contributed by atoms with Crippen molar-refractivity contribution in [3.63, 3.8) is 0 Å². The van der Waals surface area contributed by atoms with Gasteiger partial charge in [0.2, 0.25) is 5.91 Å². The smallest absolute Gasteiger partial charge is 0.241 e. The molecular formula is C17H32N2O. The van der Waals surface area contributed by atoms with Crippen LogP contribution in [0.3, 0.4) is 0 Å². The highest BCUT2D eigenvalue weighted by atomic mass is 16.2. The summed E-state index contributed by atoms with van der Waals surface area (Å²) in [5.41, 5.74) is 0. The number of hydrogen-bond donors (Lipinski definition) is 1. The standard InChI is InChI=1S/C17H32N2O/c1-11(2)8-15-17(20)19(14-7-6-13(5)10-14)16(18-15)9-12(3)4/h11-16,18H,6-10H2,1-5H3. The minimum atomic E-state index is 0.0506. The maximum Gasteiger partial charge on any atom is 0.241 e. The van der Waals surface area contributed by atoms with Crippen LogP contribution >= 0.6 is 0 Å². The molecule has 0 bridgehead atoms. The third kappa shape index (κ3) is 3.55. The highest BCUT2D eigenvalue weighted by Gasteiger charge is 2.43. The molecule has 20 heavy (non-hydrogen) atoms. The number of rotatable bonds is 5. The summed E-state index contributed by atoms with van der Waals surface area (Å²) in [7, 11) is 0. The molecule has 3 heteroatoms. The van der Waals surface area contributed by atoms with Crippen molar-refractivity contribution in [1.29, 1.82) is 0 Å². The molecule has 116 valence electrons. The lowest BCUT2D eigenvalue weighted by atomic mass is 10.0. The van der Waals surface area contributed by atoms with Crippen LogP contribution in [0, 0.1) is 17.8 Å². The molecule has 3 nitrogen and oxygen atoms in total. The van der Waals surface area contributed by atoms with Gasteiger partial charge in [-0.05, 0) is 49.9 Å². The predicted molar refractivity (Wildman–Crippen MR) is 83.3 cm³/mol. The average molecular weight is 280 g/mol. The molecule has 1 heterocycles. The first-order valence-corrected chi connectivity index (χ1v) is 8.46. The van der Waals surface area contributed by atoms with Crippen LogP contribution in [-0.2, 0) is 4.79 Å². The van der Waals surface area contributed by atoms with Gasteiger partial charge in [0, 0.05) is 6.04 Å². The highest BCUT2D eigenvalue weighted by molar-refractivity contribution is 5.84. The van der Waals surface area contributed by atoms with Gasteiger partial charge in [-0.1, -0.05) is 34.6 Å². The minimum Gasteiger partial charge on any atom is -0.323 e. The Hall–Kier alpha value is -0.570. The van der Waals surface area contributed by atoms with E-state index in [1.807, 2.05) is 0 Å². The molecule has 4 unspecified atom stereocenters. The Bertz CT molecular complexity index is 340. The van der Waals surface area contributed by atoms with E-state index in [4.69, 9.17) is 0 Å². The minimum absolute atomic E-state index is 0.0506. The normalized spacial score (nSPS) is 34.8. The SMILES string of the molecule is CC(C)CC1NC(CC(C)C)N(C2CCC(C)C2)C1=O. The van der Waals surface area contributed by atoms with E-state index in [0.29, 0.717) is 23.8 Å². The Morgan fingerprint density at radius 1 is 1.15 bits per heavy atom. The van der Waals surface area contributed by atoms with Gasteiger partial charge in [0.25, 0.3) is 0 Å². The van der Waals surface area contributed by atoms with Gasteiger partial charge in [-0.2, -0.15) is 0 Å². The molecule has 1 aliphatic heterocycles. The van der Waals surface area contributed by atoms with E-state index >= 15 is 0 Å². The fourth-order valence-corrected chi connectivity index (χ4v) is 3.85. The van der Waals surface area contributed by atoms with E-state index in [2.05, 4.69) is 44.8 Å². The van der Waals surface area contributed by atoms with Crippen molar-refractivity contribution in [3.8, 4) is 0 Å². The average Bonchev–Trinajstić information content (AvgIpc) is 2.83. The lowest BCUT2D eigenvalue weighted by Crippen LogP contribution is -2.44. The summed E-state index contributed by atoms with van der Waals surface area (Å²) in [4.78, 5) is 15.0. The molecule has 0 aromatic carbocycles. The van der Waals surface area contributed by atoms with Crippen LogP contribution in [0.25, 0.3) is 0 Å². The van der Waals surface area contributed by atoms with E-state index in [1.54, 1.807) is 0 Å². The summed E-state index contributed by atoms with van der Waals surface area (Å²) in [5, 5.41) is 3.62. The number of amides is 1. The van der Waals surface area contributed by atoms with Gasteiger partial charge in [-0.3, -0.25) is 10.1 Å². The van der Waals surface area contributed by atoms with E-state index in [-0.39, 0.29) is 12.2 Å². The van der Waals surface area contributed by atoms with Crippen LogP contribution in [0.15, 0.2) is 0 Å². The van der Waals surface area contributed by atoms with E-state index in [1.165, 1.54) is 19.3 Å². The zero-order valence-electron chi connectivity index (χ0n) is 13.9. The first-order valence-electron chi connectivity index (χ1n) is 8.46. The Morgan fingerprint density at radius 2 is 1.80 bits per heavy atom. The Labute approximate surface area is 124 Å². The molecule has 4 atom stereocenters. The predicted octanol–water partition coefficient (Wildman–Crippen LogP) is 3.39. The molecule has 1 N–H and O–H groups in total. The first kappa shape index (κ1) is 15.8. The second-order valence-corrected chi connectivity index (χ2v) is 7.81. The van der Waals surface area contributed by atoms with E-state index < -0.39 is 0 Å².